The molecule has 1 amide bonds. The highest BCUT2D eigenvalue weighted by Crippen LogP contribution is 2.50. The van der Waals surface area contributed by atoms with Gasteiger partial charge < -0.3 is 4.74 Å². The number of nitrogens with zero attached hydrogens (tertiary/aromatic N) is 1. The predicted molar refractivity (Wildman–Crippen MR) is 59.0 cm³/mol. The first kappa shape index (κ1) is 11.4. The molecule has 2 aliphatic rings. The van der Waals surface area contributed by atoms with E-state index in [1.807, 2.05) is 20.8 Å². The topological polar surface area (TPSA) is 46.6 Å². The van der Waals surface area contributed by atoms with Gasteiger partial charge in [-0.3, -0.25) is 9.69 Å². The zero-order valence-corrected chi connectivity index (χ0v) is 10.3. The predicted octanol–water partition coefficient (Wildman–Crippen LogP) is 1.83. The third kappa shape index (κ3) is 2.06. The lowest BCUT2D eigenvalue weighted by molar-refractivity contribution is -0.122. The second kappa shape index (κ2) is 3.47. The van der Waals surface area contributed by atoms with Gasteiger partial charge in [0.1, 0.15) is 5.60 Å². The summed E-state index contributed by atoms with van der Waals surface area (Å²) in [7, 11) is 0. The van der Waals surface area contributed by atoms with Crippen LogP contribution in [0.1, 0.15) is 34.1 Å². The average Bonchev–Trinajstić information content (AvgIpc) is 2.73. The molecule has 1 saturated carbocycles. The number of amides is 1. The quantitative estimate of drug-likeness (QED) is 0.684. The Kier molecular flexibility index (Phi) is 2.48. The van der Waals surface area contributed by atoms with Gasteiger partial charge in [0.25, 0.3) is 0 Å². The van der Waals surface area contributed by atoms with Crippen molar-refractivity contribution >= 4 is 11.9 Å². The van der Waals surface area contributed by atoms with Crippen LogP contribution < -0.4 is 0 Å². The summed E-state index contributed by atoms with van der Waals surface area (Å²) < 4.78 is 5.31. The van der Waals surface area contributed by atoms with Crippen molar-refractivity contribution in [1.29, 1.82) is 0 Å². The Morgan fingerprint density at radius 1 is 1.31 bits per heavy atom. The van der Waals surface area contributed by atoms with Crippen molar-refractivity contribution in [3.63, 3.8) is 0 Å². The maximum atomic E-state index is 11.9. The third-order valence-corrected chi connectivity index (χ3v) is 3.19. The van der Waals surface area contributed by atoms with Gasteiger partial charge in [0.15, 0.2) is 5.78 Å². The molecule has 1 aliphatic carbocycles. The van der Waals surface area contributed by atoms with Crippen LogP contribution in [0.4, 0.5) is 4.79 Å². The van der Waals surface area contributed by atoms with Gasteiger partial charge in [-0.2, -0.15) is 0 Å². The van der Waals surface area contributed by atoms with Gasteiger partial charge in [0.2, 0.25) is 0 Å². The first-order chi connectivity index (χ1) is 7.29. The Hall–Kier alpha value is -1.06. The molecule has 4 heteroatoms. The van der Waals surface area contributed by atoms with Crippen LogP contribution in [0.5, 0.6) is 0 Å². The minimum absolute atomic E-state index is 0.0795. The van der Waals surface area contributed by atoms with Crippen molar-refractivity contribution < 1.29 is 14.3 Å². The highest BCUT2D eigenvalue weighted by molar-refractivity contribution is 5.87. The summed E-state index contributed by atoms with van der Waals surface area (Å²) in [6.45, 7) is 7.76. The minimum Gasteiger partial charge on any atom is -0.444 e. The Bertz CT molecular complexity index is 332. The molecule has 16 heavy (non-hydrogen) atoms. The molecule has 1 saturated heterocycles. The smallest absolute Gasteiger partial charge is 0.410 e. The molecule has 2 unspecified atom stereocenters. The number of fused-ring (bicyclic) bond motifs is 1. The molecule has 0 aromatic rings. The summed E-state index contributed by atoms with van der Waals surface area (Å²) in [6.07, 6.45) is 0.740. The number of ketones is 1. The molecule has 0 aromatic heterocycles. The Labute approximate surface area is 95.9 Å². The molecule has 2 fully saturated rings. The van der Waals surface area contributed by atoms with E-state index in [2.05, 4.69) is 0 Å². The molecule has 90 valence electrons. The molecular formula is C12H19NO3. The molecule has 1 aliphatic heterocycles. The highest BCUT2D eigenvalue weighted by atomic mass is 16.6. The molecular weight excluding hydrogens is 206 g/mol. The molecule has 2 rings (SSSR count). The van der Waals surface area contributed by atoms with Crippen molar-refractivity contribution in [3.8, 4) is 0 Å². The number of hydrogen-bond donors (Lipinski definition) is 0. The molecule has 0 N–H and O–H groups in total. The second-order valence-electron chi connectivity index (χ2n) is 5.85. The molecule has 0 aromatic carbocycles. The lowest BCUT2D eigenvalue weighted by Crippen LogP contribution is -2.45. The van der Waals surface area contributed by atoms with Crippen LogP contribution in [0.25, 0.3) is 0 Å². The van der Waals surface area contributed by atoms with Crippen molar-refractivity contribution in [2.75, 3.05) is 6.54 Å². The summed E-state index contributed by atoms with van der Waals surface area (Å²) in [5.41, 5.74) is -0.495. The van der Waals surface area contributed by atoms with E-state index in [9.17, 15) is 9.59 Å². The van der Waals surface area contributed by atoms with E-state index in [1.54, 1.807) is 11.8 Å². The summed E-state index contributed by atoms with van der Waals surface area (Å²) in [5.74, 6) is 1.00. The zero-order chi connectivity index (χ0) is 12.1. The summed E-state index contributed by atoms with van der Waals surface area (Å²) in [4.78, 5) is 25.0. The summed E-state index contributed by atoms with van der Waals surface area (Å²) in [5, 5.41) is 0. The highest BCUT2D eigenvalue weighted by Gasteiger charge is 2.56. The SMILES string of the molecule is CC(=O)[C@@H]1C2CC2CN1C(=O)OC(C)(C)C. The number of likely N-dealkylation sites (tertiary alicyclic amines) is 1. The molecule has 0 spiro atoms. The van der Waals surface area contributed by atoms with Crippen molar-refractivity contribution in [3.05, 3.63) is 0 Å². The lowest BCUT2D eigenvalue weighted by atomic mass is 10.1. The van der Waals surface area contributed by atoms with Gasteiger partial charge in [-0.15, -0.1) is 0 Å². The van der Waals surface area contributed by atoms with E-state index in [-0.39, 0.29) is 17.9 Å². The zero-order valence-electron chi connectivity index (χ0n) is 10.3. The third-order valence-electron chi connectivity index (χ3n) is 3.19. The fourth-order valence-electron chi connectivity index (χ4n) is 2.49. The number of rotatable bonds is 1. The largest absolute Gasteiger partial charge is 0.444 e. The lowest BCUT2D eigenvalue weighted by Gasteiger charge is -2.29. The van der Waals surface area contributed by atoms with Crippen LogP contribution in [0.3, 0.4) is 0 Å². The van der Waals surface area contributed by atoms with Crippen LogP contribution in [0.15, 0.2) is 0 Å². The van der Waals surface area contributed by atoms with Gasteiger partial charge in [0.05, 0.1) is 6.04 Å². The molecule has 1 heterocycles. The number of carbonyl (C=O) groups is 2. The Balaban J connectivity index is 2.04. The van der Waals surface area contributed by atoms with Gasteiger partial charge in [0, 0.05) is 6.54 Å². The van der Waals surface area contributed by atoms with E-state index in [1.165, 1.54) is 0 Å². The molecule has 3 atom stereocenters. The molecule has 0 bridgehead atoms. The van der Waals surface area contributed by atoms with Gasteiger partial charge >= 0.3 is 6.09 Å². The average molecular weight is 225 g/mol. The maximum Gasteiger partial charge on any atom is 0.410 e. The van der Waals surface area contributed by atoms with Gasteiger partial charge in [-0.1, -0.05) is 0 Å². The van der Waals surface area contributed by atoms with Crippen LogP contribution >= 0.6 is 0 Å². The van der Waals surface area contributed by atoms with E-state index < -0.39 is 5.60 Å². The van der Waals surface area contributed by atoms with Crippen molar-refractivity contribution in [1.82, 2.24) is 4.90 Å². The normalized spacial score (nSPS) is 32.2. The number of piperidine rings is 1. The molecule has 0 radical (unpaired) electrons. The monoisotopic (exact) mass is 225 g/mol. The van der Waals surface area contributed by atoms with E-state index in [4.69, 9.17) is 4.74 Å². The first-order valence-corrected chi connectivity index (χ1v) is 5.79. The first-order valence-electron chi connectivity index (χ1n) is 5.79. The Morgan fingerprint density at radius 3 is 2.44 bits per heavy atom. The van der Waals surface area contributed by atoms with Crippen molar-refractivity contribution in [2.45, 2.75) is 45.8 Å². The van der Waals surface area contributed by atoms with E-state index >= 15 is 0 Å². The summed E-state index contributed by atoms with van der Waals surface area (Å²) in [6, 6.07) is -0.236. The number of Topliss-reactive ketones (excluding diaryl/α,β-unsaturated/α-hetero) is 1. The number of ether oxygens (including phenoxy) is 1. The van der Waals surface area contributed by atoms with Crippen LogP contribution in [0, 0.1) is 11.8 Å². The minimum atomic E-state index is -0.495. The Morgan fingerprint density at radius 2 is 1.94 bits per heavy atom. The fraction of sp³-hybridized carbons (Fsp3) is 0.833. The molecule has 4 nitrogen and oxygen atoms in total. The van der Waals surface area contributed by atoms with Crippen LogP contribution in [0.2, 0.25) is 0 Å². The van der Waals surface area contributed by atoms with Gasteiger partial charge in [-0.05, 0) is 46.0 Å². The number of carbonyl (C=O) groups excluding carboxylic acids is 2. The maximum absolute atomic E-state index is 11.9. The van der Waals surface area contributed by atoms with Crippen LogP contribution in [-0.4, -0.2) is 35.0 Å². The van der Waals surface area contributed by atoms with Crippen LogP contribution in [-0.2, 0) is 9.53 Å². The van der Waals surface area contributed by atoms with E-state index in [0.29, 0.717) is 18.4 Å². The van der Waals surface area contributed by atoms with E-state index in [0.717, 1.165) is 6.42 Å². The van der Waals surface area contributed by atoms with Gasteiger partial charge in [-0.25, -0.2) is 4.79 Å². The fourth-order valence-corrected chi connectivity index (χ4v) is 2.49. The van der Waals surface area contributed by atoms with Crippen molar-refractivity contribution in [2.24, 2.45) is 11.8 Å². The standard InChI is InChI=1S/C12H19NO3/c1-7(14)10-9-5-8(9)6-13(10)11(15)16-12(2,3)4/h8-10H,5-6H2,1-4H3/t8?,9?,10-/m1/s1. The second-order valence-corrected chi connectivity index (χ2v) is 5.85. The summed E-state index contributed by atoms with van der Waals surface area (Å²) >= 11 is 0. The number of hydrogen-bond acceptors (Lipinski definition) is 3.